The van der Waals surface area contributed by atoms with E-state index in [9.17, 15) is 0 Å². The van der Waals surface area contributed by atoms with E-state index in [2.05, 4.69) is 73.3 Å². The van der Waals surface area contributed by atoms with Gasteiger partial charge in [-0.1, -0.05) is 30.3 Å². The van der Waals surface area contributed by atoms with E-state index in [4.69, 9.17) is 0 Å². The van der Waals surface area contributed by atoms with Crippen LogP contribution in [-0.2, 0) is 0 Å². The van der Waals surface area contributed by atoms with Crippen molar-refractivity contribution in [1.29, 1.82) is 0 Å². The molecule has 0 aliphatic heterocycles. The summed E-state index contributed by atoms with van der Waals surface area (Å²) in [7, 11) is 0. The topological polar surface area (TPSA) is 3.88 Å². The smallest absolute Gasteiger partial charge is 0.180 e. The number of hydrogen-bond donors (Lipinski definition) is 0. The monoisotopic (exact) mass is 198 g/mol. The Morgan fingerprint density at radius 1 is 0.933 bits per heavy atom. The van der Waals surface area contributed by atoms with Gasteiger partial charge in [-0.05, 0) is 12.5 Å². The Morgan fingerprint density at radius 2 is 1.53 bits per heavy atom. The van der Waals surface area contributed by atoms with E-state index in [1.165, 1.54) is 11.1 Å². The fourth-order valence-electron chi connectivity index (χ4n) is 1.67. The standard InChI is InChI=1S/C14H16N/c1-12-8-10-15(11-9-12)13(2)14-6-4-3-5-7-14/h3-11,13H,1-2H3/q+1. The van der Waals surface area contributed by atoms with E-state index in [1.807, 2.05) is 0 Å². The molecule has 2 rings (SSSR count). The highest BCUT2D eigenvalue weighted by Gasteiger charge is 2.13. The van der Waals surface area contributed by atoms with E-state index in [-0.39, 0.29) is 0 Å². The number of hydrogen-bond acceptors (Lipinski definition) is 0. The third-order valence-corrected chi connectivity index (χ3v) is 2.75. The van der Waals surface area contributed by atoms with Crippen molar-refractivity contribution in [1.82, 2.24) is 0 Å². The van der Waals surface area contributed by atoms with Crippen LogP contribution in [0.5, 0.6) is 0 Å². The van der Waals surface area contributed by atoms with Crippen molar-refractivity contribution in [3.8, 4) is 0 Å². The van der Waals surface area contributed by atoms with Crippen molar-refractivity contribution in [2.24, 2.45) is 0 Å². The maximum atomic E-state index is 2.22. The molecule has 0 saturated heterocycles. The van der Waals surface area contributed by atoms with Crippen molar-refractivity contribution in [3.63, 3.8) is 0 Å². The molecular weight excluding hydrogens is 182 g/mol. The number of benzene rings is 1. The zero-order valence-electron chi connectivity index (χ0n) is 9.22. The molecule has 0 aliphatic carbocycles. The largest absolute Gasteiger partial charge is 0.198 e. The summed E-state index contributed by atoms with van der Waals surface area (Å²) in [5.41, 5.74) is 2.64. The van der Waals surface area contributed by atoms with Crippen LogP contribution in [0.15, 0.2) is 54.9 Å². The minimum absolute atomic E-state index is 0.395. The molecule has 76 valence electrons. The second-order valence-corrected chi connectivity index (χ2v) is 3.91. The maximum absolute atomic E-state index is 2.22. The molecule has 0 aliphatic rings. The molecule has 1 unspecified atom stereocenters. The van der Waals surface area contributed by atoms with E-state index in [1.54, 1.807) is 0 Å². The number of aromatic nitrogens is 1. The molecule has 0 saturated carbocycles. The van der Waals surface area contributed by atoms with Gasteiger partial charge in [0, 0.05) is 24.6 Å². The van der Waals surface area contributed by atoms with E-state index < -0.39 is 0 Å². The van der Waals surface area contributed by atoms with Gasteiger partial charge in [-0.25, -0.2) is 0 Å². The highest BCUT2D eigenvalue weighted by molar-refractivity contribution is 5.16. The van der Waals surface area contributed by atoms with Gasteiger partial charge in [-0.2, -0.15) is 4.57 Å². The second-order valence-electron chi connectivity index (χ2n) is 3.91. The Labute approximate surface area is 91.0 Å². The van der Waals surface area contributed by atoms with Crippen LogP contribution >= 0.6 is 0 Å². The summed E-state index contributed by atoms with van der Waals surface area (Å²) in [5, 5.41) is 0. The van der Waals surface area contributed by atoms with Crippen molar-refractivity contribution in [2.45, 2.75) is 19.9 Å². The lowest BCUT2D eigenvalue weighted by Crippen LogP contribution is -2.37. The Kier molecular flexibility index (Phi) is 2.82. The summed E-state index contributed by atoms with van der Waals surface area (Å²) in [6.07, 6.45) is 4.26. The molecule has 0 amide bonds. The summed E-state index contributed by atoms with van der Waals surface area (Å²) < 4.78 is 2.22. The molecule has 0 radical (unpaired) electrons. The first kappa shape index (κ1) is 9.91. The van der Waals surface area contributed by atoms with Crippen LogP contribution in [0, 0.1) is 6.92 Å². The first-order valence-corrected chi connectivity index (χ1v) is 5.30. The van der Waals surface area contributed by atoms with Crippen LogP contribution in [0.25, 0.3) is 0 Å². The third-order valence-electron chi connectivity index (χ3n) is 2.75. The Bertz CT molecular complexity index is 417. The SMILES string of the molecule is Cc1cc[n+](C(C)c2ccccc2)cc1. The van der Waals surface area contributed by atoms with Gasteiger partial charge in [0.05, 0.1) is 0 Å². The fourth-order valence-corrected chi connectivity index (χ4v) is 1.67. The van der Waals surface area contributed by atoms with E-state index in [0.29, 0.717) is 6.04 Å². The van der Waals surface area contributed by atoms with Gasteiger partial charge in [0.1, 0.15) is 0 Å². The van der Waals surface area contributed by atoms with Gasteiger partial charge in [-0.15, -0.1) is 0 Å². The predicted octanol–water partition coefficient (Wildman–Crippen LogP) is 2.89. The molecule has 1 heterocycles. The zero-order chi connectivity index (χ0) is 10.7. The highest BCUT2D eigenvalue weighted by Crippen LogP contribution is 2.10. The first-order chi connectivity index (χ1) is 7.27. The molecule has 0 spiro atoms. The predicted molar refractivity (Wildman–Crippen MR) is 61.6 cm³/mol. The van der Waals surface area contributed by atoms with Crippen molar-refractivity contribution < 1.29 is 4.57 Å². The minimum atomic E-state index is 0.395. The van der Waals surface area contributed by atoms with Crippen LogP contribution in [-0.4, -0.2) is 0 Å². The van der Waals surface area contributed by atoms with Crippen molar-refractivity contribution in [3.05, 3.63) is 66.0 Å². The van der Waals surface area contributed by atoms with Crippen LogP contribution in [0.3, 0.4) is 0 Å². The van der Waals surface area contributed by atoms with Crippen molar-refractivity contribution >= 4 is 0 Å². The van der Waals surface area contributed by atoms with Gasteiger partial charge in [0.25, 0.3) is 0 Å². The van der Waals surface area contributed by atoms with Gasteiger partial charge in [0.2, 0.25) is 0 Å². The molecular formula is C14H16N+. The Morgan fingerprint density at radius 3 is 2.13 bits per heavy atom. The van der Waals surface area contributed by atoms with E-state index >= 15 is 0 Å². The van der Waals surface area contributed by atoms with Crippen LogP contribution in [0.2, 0.25) is 0 Å². The number of nitrogens with zero attached hydrogens (tertiary/aromatic N) is 1. The zero-order valence-corrected chi connectivity index (χ0v) is 9.22. The Hall–Kier alpha value is -1.63. The molecule has 1 nitrogen and oxygen atoms in total. The molecule has 0 fully saturated rings. The average molecular weight is 198 g/mol. The summed E-state index contributed by atoms with van der Waals surface area (Å²) in [4.78, 5) is 0. The summed E-state index contributed by atoms with van der Waals surface area (Å²) in [6, 6.07) is 15.2. The second kappa shape index (κ2) is 4.26. The molecule has 0 N–H and O–H groups in total. The van der Waals surface area contributed by atoms with Gasteiger partial charge < -0.3 is 0 Å². The van der Waals surface area contributed by atoms with Crippen LogP contribution < -0.4 is 4.57 Å². The summed E-state index contributed by atoms with van der Waals surface area (Å²) in [5.74, 6) is 0. The molecule has 1 aromatic heterocycles. The normalized spacial score (nSPS) is 12.4. The lowest BCUT2D eigenvalue weighted by Gasteiger charge is -2.06. The van der Waals surface area contributed by atoms with Crippen LogP contribution in [0.1, 0.15) is 24.1 Å². The van der Waals surface area contributed by atoms with E-state index in [0.717, 1.165) is 0 Å². The van der Waals surface area contributed by atoms with Gasteiger partial charge in [0.15, 0.2) is 18.4 Å². The Balaban J connectivity index is 2.29. The minimum Gasteiger partial charge on any atom is -0.198 e. The first-order valence-electron chi connectivity index (χ1n) is 5.30. The molecule has 0 bridgehead atoms. The number of rotatable bonds is 2. The summed E-state index contributed by atoms with van der Waals surface area (Å²) >= 11 is 0. The molecule has 2 aromatic rings. The summed E-state index contributed by atoms with van der Waals surface area (Å²) in [6.45, 7) is 4.32. The molecule has 1 heteroatoms. The average Bonchev–Trinajstić information content (AvgIpc) is 2.30. The van der Waals surface area contributed by atoms with Crippen molar-refractivity contribution in [2.75, 3.05) is 0 Å². The van der Waals surface area contributed by atoms with Crippen LogP contribution in [0.4, 0.5) is 0 Å². The highest BCUT2D eigenvalue weighted by atomic mass is 15.0. The number of aryl methyl sites for hydroxylation is 1. The number of pyridine rings is 1. The molecule has 15 heavy (non-hydrogen) atoms. The van der Waals surface area contributed by atoms with Gasteiger partial charge >= 0.3 is 0 Å². The fraction of sp³-hybridized carbons (Fsp3) is 0.214. The molecule has 1 aromatic carbocycles. The third kappa shape index (κ3) is 2.24. The lowest BCUT2D eigenvalue weighted by molar-refractivity contribution is -0.710. The maximum Gasteiger partial charge on any atom is 0.180 e. The lowest BCUT2D eigenvalue weighted by atomic mass is 10.1. The quantitative estimate of drug-likeness (QED) is 0.653. The van der Waals surface area contributed by atoms with Gasteiger partial charge in [-0.3, -0.25) is 0 Å². The molecule has 1 atom stereocenters.